The Morgan fingerprint density at radius 3 is 2.71 bits per heavy atom. The van der Waals surface area contributed by atoms with Crippen molar-refractivity contribution >= 4 is 55.3 Å². The van der Waals surface area contributed by atoms with Gasteiger partial charge in [-0.25, -0.2) is 9.78 Å². The lowest BCUT2D eigenvalue weighted by atomic mass is 9.96. The molecule has 0 bridgehead atoms. The molecule has 0 spiro atoms. The summed E-state index contributed by atoms with van der Waals surface area (Å²) in [5.74, 6) is -2.98. The molecular weight excluding hydrogens is 510 g/mol. The smallest absolute Gasteiger partial charge is 0.335 e. The summed E-state index contributed by atoms with van der Waals surface area (Å²) in [6, 6.07) is 13.4. The number of hydrogen-bond acceptors (Lipinski definition) is 9. The number of aromatic nitrogens is 2. The fraction of sp³-hybridized carbons (Fsp3) is 0.0741. The lowest BCUT2D eigenvalue weighted by Gasteiger charge is -2.23. The number of amides is 1. The van der Waals surface area contributed by atoms with Gasteiger partial charge in [0.25, 0.3) is 5.91 Å². The average molecular weight is 528 g/mol. The Labute approximate surface area is 218 Å². The van der Waals surface area contributed by atoms with E-state index in [0.717, 1.165) is 11.3 Å². The molecule has 188 valence electrons. The number of Topliss-reactive ketones (excluding diaryl/α,β-unsaturated/α-hetero) is 1. The number of carboxylic acid groups (broad SMARTS) is 1. The highest BCUT2D eigenvalue weighted by atomic mass is 32.1. The first kappa shape index (κ1) is 23.4. The Hall–Kier alpha value is -5.03. The number of thiazole rings is 1. The summed E-state index contributed by atoms with van der Waals surface area (Å²) in [4.78, 5) is 48.5. The fourth-order valence-corrected chi connectivity index (χ4v) is 5.51. The number of aromatic carboxylic acids is 1. The van der Waals surface area contributed by atoms with Crippen LogP contribution < -0.4 is 9.64 Å². The van der Waals surface area contributed by atoms with Crippen molar-refractivity contribution in [3.63, 3.8) is 0 Å². The molecule has 1 aliphatic heterocycles. The molecule has 1 aliphatic rings. The first-order chi connectivity index (χ1) is 18.4. The summed E-state index contributed by atoms with van der Waals surface area (Å²) in [6.07, 6.45) is 3.04. The fourth-order valence-electron chi connectivity index (χ4n) is 4.48. The number of nitrogens with zero attached hydrogens (tertiary/aromatic N) is 3. The maximum atomic E-state index is 13.8. The van der Waals surface area contributed by atoms with E-state index in [1.807, 2.05) is 0 Å². The number of ether oxygens (including phenoxy) is 1. The molecule has 1 unspecified atom stereocenters. The number of furan rings is 1. The quantitative estimate of drug-likeness (QED) is 0.294. The van der Waals surface area contributed by atoms with Crippen molar-refractivity contribution < 1.29 is 33.8 Å². The third-order valence-corrected chi connectivity index (χ3v) is 7.25. The summed E-state index contributed by atoms with van der Waals surface area (Å²) < 4.78 is 11.7. The molecule has 5 aromatic rings. The molecule has 0 aliphatic carbocycles. The number of para-hydroxylation sites is 1. The molecule has 2 N–H and O–H groups in total. The Morgan fingerprint density at radius 2 is 1.97 bits per heavy atom. The molecular formula is C27H17N3O7S. The lowest BCUT2D eigenvalue weighted by Crippen LogP contribution is -2.31. The maximum absolute atomic E-state index is 13.8. The zero-order chi connectivity index (χ0) is 26.6. The van der Waals surface area contributed by atoms with Crippen LogP contribution >= 0.6 is 11.3 Å². The van der Waals surface area contributed by atoms with Gasteiger partial charge in [0.2, 0.25) is 5.78 Å². The van der Waals surface area contributed by atoms with Gasteiger partial charge < -0.3 is 19.4 Å². The molecule has 10 nitrogen and oxygen atoms in total. The second-order valence-corrected chi connectivity index (χ2v) is 9.44. The molecule has 1 atom stereocenters. The minimum absolute atomic E-state index is 0.0708. The van der Waals surface area contributed by atoms with Crippen molar-refractivity contribution in [2.45, 2.75) is 6.04 Å². The van der Waals surface area contributed by atoms with Crippen LogP contribution in [-0.4, -0.2) is 45.0 Å². The zero-order valence-electron chi connectivity index (χ0n) is 19.6. The van der Waals surface area contributed by atoms with Crippen molar-refractivity contribution in [2.24, 2.45) is 0 Å². The normalized spacial score (nSPS) is 15.6. The van der Waals surface area contributed by atoms with Gasteiger partial charge in [-0.1, -0.05) is 29.5 Å². The first-order valence-corrected chi connectivity index (χ1v) is 12.1. The second-order valence-electron chi connectivity index (χ2n) is 8.43. The largest absolute Gasteiger partial charge is 0.503 e. The number of pyridine rings is 1. The molecule has 2 aromatic carbocycles. The van der Waals surface area contributed by atoms with E-state index in [0.29, 0.717) is 32.5 Å². The number of carboxylic acids is 1. The van der Waals surface area contributed by atoms with Gasteiger partial charge in [0.05, 0.1) is 34.5 Å². The van der Waals surface area contributed by atoms with Crippen LogP contribution in [0.5, 0.6) is 5.75 Å². The van der Waals surface area contributed by atoms with E-state index >= 15 is 0 Å². The molecule has 6 rings (SSSR count). The van der Waals surface area contributed by atoms with Gasteiger partial charge in [-0.2, -0.15) is 0 Å². The summed E-state index contributed by atoms with van der Waals surface area (Å²) in [5.41, 5.74) is 1.18. The molecule has 38 heavy (non-hydrogen) atoms. The van der Waals surface area contributed by atoms with Crippen molar-refractivity contribution in [3.8, 4) is 5.75 Å². The maximum Gasteiger partial charge on any atom is 0.335 e. The van der Waals surface area contributed by atoms with E-state index in [4.69, 9.17) is 9.15 Å². The highest BCUT2D eigenvalue weighted by molar-refractivity contribution is 7.22. The van der Waals surface area contributed by atoms with E-state index in [9.17, 15) is 24.6 Å². The van der Waals surface area contributed by atoms with Crippen LogP contribution in [0, 0.1) is 0 Å². The van der Waals surface area contributed by atoms with E-state index in [1.54, 1.807) is 42.6 Å². The topological polar surface area (TPSA) is 143 Å². The van der Waals surface area contributed by atoms with Crippen LogP contribution in [0.3, 0.4) is 0 Å². The minimum atomic E-state index is -1.10. The van der Waals surface area contributed by atoms with Crippen LogP contribution in [-0.2, 0) is 4.79 Å². The lowest BCUT2D eigenvalue weighted by molar-refractivity contribution is -0.117. The molecule has 1 amide bonds. The van der Waals surface area contributed by atoms with Gasteiger partial charge >= 0.3 is 5.97 Å². The van der Waals surface area contributed by atoms with E-state index in [1.165, 1.54) is 36.4 Å². The van der Waals surface area contributed by atoms with Crippen LogP contribution in [0.15, 0.2) is 82.7 Å². The molecule has 0 saturated heterocycles. The van der Waals surface area contributed by atoms with Crippen LogP contribution in [0.25, 0.3) is 21.2 Å². The summed E-state index contributed by atoms with van der Waals surface area (Å²) in [6.45, 7) is 0. The summed E-state index contributed by atoms with van der Waals surface area (Å²) in [7, 11) is 1.48. The van der Waals surface area contributed by atoms with Crippen molar-refractivity contribution in [3.05, 3.63) is 95.2 Å². The third kappa shape index (κ3) is 3.59. The number of fused-ring (bicyclic) bond motifs is 2. The minimum Gasteiger partial charge on any atom is -0.503 e. The van der Waals surface area contributed by atoms with Gasteiger partial charge in [0, 0.05) is 17.8 Å². The number of rotatable bonds is 6. The SMILES string of the molecule is COc1cccc2cc(C(=O)C3=C(O)C(=O)N(c4nc5ccc(C(=O)O)cc5s4)C3c3cccnc3)oc12. The Kier molecular flexibility index (Phi) is 5.42. The van der Waals surface area contributed by atoms with Gasteiger partial charge in [-0.3, -0.25) is 19.5 Å². The number of hydrogen-bond donors (Lipinski definition) is 2. The van der Waals surface area contributed by atoms with Gasteiger partial charge in [-0.15, -0.1) is 0 Å². The van der Waals surface area contributed by atoms with Gasteiger partial charge in [0.1, 0.15) is 0 Å². The average Bonchev–Trinajstić information content (AvgIpc) is 3.62. The molecule has 3 aromatic heterocycles. The predicted molar refractivity (Wildman–Crippen MR) is 138 cm³/mol. The summed E-state index contributed by atoms with van der Waals surface area (Å²) >= 11 is 1.07. The van der Waals surface area contributed by atoms with E-state index in [-0.39, 0.29) is 22.0 Å². The van der Waals surface area contributed by atoms with Crippen molar-refractivity contribution in [2.75, 3.05) is 12.0 Å². The first-order valence-electron chi connectivity index (χ1n) is 11.3. The number of carbonyl (C=O) groups excluding carboxylic acids is 2. The molecule has 4 heterocycles. The van der Waals surface area contributed by atoms with Crippen LogP contribution in [0.1, 0.15) is 32.5 Å². The van der Waals surface area contributed by atoms with E-state index < -0.39 is 29.5 Å². The summed E-state index contributed by atoms with van der Waals surface area (Å²) in [5, 5.41) is 21.1. The van der Waals surface area contributed by atoms with Crippen molar-refractivity contribution in [1.29, 1.82) is 0 Å². The van der Waals surface area contributed by atoms with Crippen molar-refractivity contribution in [1.82, 2.24) is 9.97 Å². The second kappa shape index (κ2) is 8.82. The number of carbonyl (C=O) groups is 3. The highest BCUT2D eigenvalue weighted by Crippen LogP contribution is 2.44. The number of aliphatic hydroxyl groups is 1. The molecule has 0 radical (unpaired) electrons. The van der Waals surface area contributed by atoms with Gasteiger partial charge in [-0.05, 0) is 42.0 Å². The molecule has 11 heteroatoms. The van der Waals surface area contributed by atoms with Crippen LogP contribution in [0.2, 0.25) is 0 Å². The molecule has 0 saturated carbocycles. The number of benzene rings is 2. The van der Waals surface area contributed by atoms with Gasteiger partial charge in [0.15, 0.2) is 28.0 Å². The third-order valence-electron chi connectivity index (χ3n) is 6.23. The number of ketones is 1. The highest BCUT2D eigenvalue weighted by Gasteiger charge is 2.46. The number of anilines is 1. The number of methoxy groups -OCH3 is 1. The Bertz CT molecular complexity index is 1810. The van der Waals surface area contributed by atoms with E-state index in [2.05, 4.69) is 9.97 Å². The van der Waals surface area contributed by atoms with Crippen LogP contribution in [0.4, 0.5) is 5.13 Å². The number of aliphatic hydroxyl groups excluding tert-OH is 1. The Morgan fingerprint density at radius 1 is 1.13 bits per heavy atom. The monoisotopic (exact) mass is 527 g/mol. The zero-order valence-corrected chi connectivity index (χ0v) is 20.4. The molecule has 0 fully saturated rings. The standard InChI is InChI=1S/C27H17N3O7S/c1-36-17-6-2-4-13-10-18(37-24(13)17)22(31)20-21(15-5-3-9-28-12-15)30(25(33)23(20)32)27-29-16-8-7-14(26(34)35)11-19(16)38-27/h2-12,21,32H,1H3,(H,34,35). The predicted octanol–water partition coefficient (Wildman–Crippen LogP) is 4.93. The Balaban J connectivity index is 1.49.